The fraction of sp³-hybridized carbons (Fsp3) is 0.500. The number of nitrogens with zero attached hydrogens (tertiary/aromatic N) is 6. The number of hydrogen-bond donors (Lipinski definition) is 0. The summed E-state index contributed by atoms with van der Waals surface area (Å²) in [6, 6.07) is 6.05. The average molecular weight is 447 g/mol. The Balaban J connectivity index is 1.56. The maximum absolute atomic E-state index is 13.4. The van der Waals surface area contributed by atoms with Gasteiger partial charge >= 0.3 is 0 Å². The lowest BCUT2D eigenvalue weighted by molar-refractivity contribution is -0.135. The fourth-order valence-corrected chi connectivity index (χ4v) is 4.72. The van der Waals surface area contributed by atoms with Gasteiger partial charge in [0.15, 0.2) is 0 Å². The summed E-state index contributed by atoms with van der Waals surface area (Å²) in [4.78, 5) is 29.2. The largest absolute Gasteiger partial charge is 0.334 e. The van der Waals surface area contributed by atoms with Crippen molar-refractivity contribution >= 4 is 5.91 Å². The van der Waals surface area contributed by atoms with Gasteiger partial charge in [-0.2, -0.15) is 5.10 Å². The van der Waals surface area contributed by atoms with Gasteiger partial charge in [0.1, 0.15) is 5.82 Å². The first kappa shape index (κ1) is 23.1. The topological polar surface area (TPSA) is 76.8 Å². The third kappa shape index (κ3) is 5.46. The maximum Gasteiger partial charge on any atom is 0.223 e. The van der Waals surface area contributed by atoms with E-state index < -0.39 is 0 Å². The Morgan fingerprint density at radius 3 is 2.73 bits per heavy atom. The van der Waals surface area contributed by atoms with Crippen molar-refractivity contribution in [2.24, 2.45) is 0 Å². The van der Waals surface area contributed by atoms with Crippen molar-refractivity contribution in [3.8, 4) is 11.1 Å². The van der Waals surface area contributed by atoms with Crippen molar-refractivity contribution in [2.75, 3.05) is 6.54 Å². The number of amides is 1. The zero-order chi connectivity index (χ0) is 23.2. The van der Waals surface area contributed by atoms with Crippen LogP contribution >= 0.6 is 0 Å². The molecule has 174 valence electrons. The lowest BCUT2D eigenvalue weighted by atomic mass is 9.93. The molecule has 1 saturated heterocycles. The van der Waals surface area contributed by atoms with Gasteiger partial charge in [-0.3, -0.25) is 14.5 Å². The SMILES string of the molecule is CCCc1ncc(-c2ccncc2)c(C2CCCCN2C(=O)CCCn2nc(C)cc2C)n1. The van der Waals surface area contributed by atoms with Gasteiger partial charge in [-0.15, -0.1) is 0 Å². The predicted molar refractivity (Wildman–Crippen MR) is 128 cm³/mol. The van der Waals surface area contributed by atoms with Crippen molar-refractivity contribution in [3.05, 3.63) is 59.7 Å². The zero-order valence-electron chi connectivity index (χ0n) is 20.0. The van der Waals surface area contributed by atoms with Crippen molar-refractivity contribution in [1.29, 1.82) is 0 Å². The van der Waals surface area contributed by atoms with E-state index in [0.717, 1.165) is 85.6 Å². The second-order valence-corrected chi connectivity index (χ2v) is 8.92. The molecule has 1 aliphatic rings. The summed E-state index contributed by atoms with van der Waals surface area (Å²) in [5, 5.41) is 4.52. The number of aromatic nitrogens is 5. The standard InChI is InChI=1S/C26H34N6O/c1-4-8-24-28-18-22(21-11-13-27-14-12-21)26(29-24)23-9-5-6-15-31(23)25(33)10-7-16-32-20(3)17-19(2)30-32/h11-14,17-18,23H,4-10,15-16H2,1-3H3. The van der Waals surface area contributed by atoms with Gasteiger partial charge in [0, 0.05) is 55.8 Å². The molecule has 0 spiro atoms. The first-order valence-corrected chi connectivity index (χ1v) is 12.1. The number of aryl methyl sites for hydroxylation is 4. The summed E-state index contributed by atoms with van der Waals surface area (Å²) < 4.78 is 2.00. The van der Waals surface area contributed by atoms with Crippen LogP contribution in [0.2, 0.25) is 0 Å². The highest BCUT2D eigenvalue weighted by Gasteiger charge is 2.31. The van der Waals surface area contributed by atoms with E-state index in [1.807, 2.05) is 29.9 Å². The first-order chi connectivity index (χ1) is 16.1. The Hall–Kier alpha value is -3.09. The summed E-state index contributed by atoms with van der Waals surface area (Å²) in [5.74, 6) is 1.06. The number of carbonyl (C=O) groups excluding carboxylic acids is 1. The van der Waals surface area contributed by atoms with Crippen molar-refractivity contribution < 1.29 is 4.79 Å². The molecule has 3 aromatic rings. The van der Waals surface area contributed by atoms with Crippen LogP contribution < -0.4 is 0 Å². The molecule has 1 unspecified atom stereocenters. The van der Waals surface area contributed by atoms with Crippen LogP contribution in [-0.2, 0) is 17.8 Å². The number of rotatable bonds is 8. The molecule has 0 saturated carbocycles. The molecule has 1 fully saturated rings. The average Bonchev–Trinajstić information content (AvgIpc) is 3.16. The zero-order valence-corrected chi connectivity index (χ0v) is 20.0. The number of carbonyl (C=O) groups is 1. The number of likely N-dealkylation sites (tertiary alicyclic amines) is 1. The van der Waals surface area contributed by atoms with Crippen molar-refractivity contribution in [3.63, 3.8) is 0 Å². The van der Waals surface area contributed by atoms with Crippen molar-refractivity contribution in [2.45, 2.75) is 78.3 Å². The second kappa shape index (κ2) is 10.7. The fourth-order valence-electron chi connectivity index (χ4n) is 4.72. The van der Waals surface area contributed by atoms with Gasteiger partial charge in [-0.1, -0.05) is 6.92 Å². The molecule has 0 N–H and O–H groups in total. The van der Waals surface area contributed by atoms with Gasteiger partial charge in [0.05, 0.1) is 17.4 Å². The van der Waals surface area contributed by atoms with Crippen LogP contribution in [-0.4, -0.2) is 42.1 Å². The smallest absolute Gasteiger partial charge is 0.223 e. The molecule has 0 aliphatic carbocycles. The highest BCUT2D eigenvalue weighted by molar-refractivity contribution is 5.77. The number of pyridine rings is 1. The third-order valence-electron chi connectivity index (χ3n) is 6.34. The minimum atomic E-state index is -0.0123. The second-order valence-electron chi connectivity index (χ2n) is 8.92. The molecular weight excluding hydrogens is 412 g/mol. The number of piperidine rings is 1. The predicted octanol–water partition coefficient (Wildman–Crippen LogP) is 4.84. The van der Waals surface area contributed by atoms with E-state index in [9.17, 15) is 4.79 Å². The lowest BCUT2D eigenvalue weighted by Crippen LogP contribution is -2.39. The minimum Gasteiger partial charge on any atom is -0.334 e. The van der Waals surface area contributed by atoms with Crippen LogP contribution in [0.15, 0.2) is 36.8 Å². The van der Waals surface area contributed by atoms with E-state index in [4.69, 9.17) is 4.98 Å². The molecule has 0 radical (unpaired) electrons. The van der Waals surface area contributed by atoms with Gasteiger partial charge in [-0.25, -0.2) is 9.97 Å². The Kier molecular flexibility index (Phi) is 7.47. The van der Waals surface area contributed by atoms with Crippen LogP contribution in [0.1, 0.15) is 74.4 Å². The minimum absolute atomic E-state index is 0.0123. The quantitative estimate of drug-likeness (QED) is 0.495. The van der Waals surface area contributed by atoms with E-state index in [2.05, 4.69) is 39.9 Å². The van der Waals surface area contributed by atoms with Gasteiger partial charge in [0.25, 0.3) is 0 Å². The van der Waals surface area contributed by atoms with Gasteiger partial charge in [-0.05, 0) is 69.7 Å². The summed E-state index contributed by atoms with van der Waals surface area (Å²) in [5.41, 5.74) is 5.19. The molecule has 7 nitrogen and oxygen atoms in total. The maximum atomic E-state index is 13.4. The first-order valence-electron chi connectivity index (χ1n) is 12.1. The number of hydrogen-bond acceptors (Lipinski definition) is 5. The van der Waals surface area contributed by atoms with Gasteiger partial charge < -0.3 is 4.90 Å². The van der Waals surface area contributed by atoms with Crippen LogP contribution in [0.5, 0.6) is 0 Å². The monoisotopic (exact) mass is 446 g/mol. The van der Waals surface area contributed by atoms with E-state index >= 15 is 0 Å². The molecule has 1 atom stereocenters. The highest BCUT2D eigenvalue weighted by atomic mass is 16.2. The molecule has 33 heavy (non-hydrogen) atoms. The Bertz CT molecular complexity index is 1080. The molecule has 4 heterocycles. The Morgan fingerprint density at radius 1 is 1.18 bits per heavy atom. The Labute approximate surface area is 196 Å². The molecule has 0 aromatic carbocycles. The normalized spacial score (nSPS) is 16.2. The van der Waals surface area contributed by atoms with E-state index in [-0.39, 0.29) is 11.9 Å². The van der Waals surface area contributed by atoms with Crippen molar-refractivity contribution in [1.82, 2.24) is 29.6 Å². The van der Waals surface area contributed by atoms with Crippen LogP contribution in [0.4, 0.5) is 0 Å². The summed E-state index contributed by atoms with van der Waals surface area (Å²) >= 11 is 0. The molecule has 0 bridgehead atoms. The van der Waals surface area contributed by atoms with Crippen LogP contribution in [0.3, 0.4) is 0 Å². The molecular formula is C26H34N6O. The summed E-state index contributed by atoms with van der Waals surface area (Å²) in [6.07, 6.45) is 11.7. The van der Waals surface area contributed by atoms with Crippen LogP contribution in [0.25, 0.3) is 11.1 Å². The molecule has 1 aliphatic heterocycles. The molecule has 4 rings (SSSR count). The van der Waals surface area contributed by atoms with Gasteiger partial charge in [0.2, 0.25) is 5.91 Å². The van der Waals surface area contributed by atoms with E-state index in [1.54, 1.807) is 12.4 Å². The Morgan fingerprint density at radius 2 is 2.00 bits per heavy atom. The highest BCUT2D eigenvalue weighted by Crippen LogP contribution is 2.36. The van der Waals surface area contributed by atoms with E-state index in [1.165, 1.54) is 0 Å². The van der Waals surface area contributed by atoms with Crippen LogP contribution in [0, 0.1) is 13.8 Å². The third-order valence-corrected chi connectivity index (χ3v) is 6.34. The molecule has 7 heteroatoms. The summed E-state index contributed by atoms with van der Waals surface area (Å²) in [7, 11) is 0. The van der Waals surface area contributed by atoms with E-state index in [0.29, 0.717) is 6.42 Å². The molecule has 1 amide bonds. The molecule has 3 aromatic heterocycles. The summed E-state index contributed by atoms with van der Waals surface area (Å²) in [6.45, 7) is 7.75. The lowest BCUT2D eigenvalue weighted by Gasteiger charge is -2.36.